The highest BCUT2D eigenvalue weighted by atomic mass is 16.6. The smallest absolute Gasteiger partial charge is 0.410 e. The fraction of sp³-hybridized carbons (Fsp3) is 0.367. The van der Waals surface area contributed by atoms with Crippen LogP contribution >= 0.6 is 0 Å². The van der Waals surface area contributed by atoms with Gasteiger partial charge in [0.1, 0.15) is 17.8 Å². The van der Waals surface area contributed by atoms with E-state index in [9.17, 15) is 9.59 Å². The summed E-state index contributed by atoms with van der Waals surface area (Å²) in [5.74, 6) is 2.39. The number of aryl methyl sites for hydroxylation is 1. The number of carbonyl (C=O) groups excluding carboxylic acids is 2. The minimum Gasteiger partial charge on any atom is -0.493 e. The van der Waals surface area contributed by atoms with Crippen molar-refractivity contribution in [3.63, 3.8) is 0 Å². The van der Waals surface area contributed by atoms with Crippen molar-refractivity contribution < 1.29 is 23.5 Å². The summed E-state index contributed by atoms with van der Waals surface area (Å²) in [6.45, 7) is 7.71. The number of aromatic nitrogens is 1. The molecular weight excluding hydrogens is 468 g/mol. The van der Waals surface area contributed by atoms with Gasteiger partial charge >= 0.3 is 6.09 Å². The van der Waals surface area contributed by atoms with Gasteiger partial charge in [-0.05, 0) is 54.7 Å². The van der Waals surface area contributed by atoms with E-state index in [1.54, 1.807) is 4.90 Å². The van der Waals surface area contributed by atoms with Gasteiger partial charge in [0.2, 0.25) is 5.89 Å². The maximum Gasteiger partial charge on any atom is 0.410 e. The second kappa shape index (κ2) is 12.4. The second-order valence-electron chi connectivity index (χ2n) is 9.61. The minimum atomic E-state index is -0.318. The molecule has 1 aliphatic heterocycles. The van der Waals surface area contributed by atoms with Gasteiger partial charge in [0.25, 0.3) is 0 Å². The SMILES string of the molecule is Cc1oc(-c2ccccc2)nc1CCOc1cccc(C2=C(CC=O)CCN(C(=O)OCC(C)C)C2)c1. The van der Waals surface area contributed by atoms with Gasteiger partial charge in [0, 0.05) is 31.5 Å². The summed E-state index contributed by atoms with van der Waals surface area (Å²) in [5, 5.41) is 0. The summed E-state index contributed by atoms with van der Waals surface area (Å²) < 4.78 is 17.4. The average molecular weight is 503 g/mol. The van der Waals surface area contributed by atoms with Crippen LogP contribution in [0.25, 0.3) is 17.0 Å². The van der Waals surface area contributed by atoms with Crippen LogP contribution in [-0.4, -0.2) is 48.6 Å². The quantitative estimate of drug-likeness (QED) is 0.311. The van der Waals surface area contributed by atoms with Crippen LogP contribution in [0.3, 0.4) is 0 Å². The summed E-state index contributed by atoms with van der Waals surface area (Å²) >= 11 is 0. The van der Waals surface area contributed by atoms with Crippen LogP contribution in [0.5, 0.6) is 5.75 Å². The van der Waals surface area contributed by atoms with Crippen molar-refractivity contribution in [3.8, 4) is 17.2 Å². The fourth-order valence-electron chi connectivity index (χ4n) is 4.31. The number of aldehydes is 1. The number of benzene rings is 2. The van der Waals surface area contributed by atoms with E-state index in [2.05, 4.69) is 4.98 Å². The molecule has 7 heteroatoms. The van der Waals surface area contributed by atoms with E-state index in [0.29, 0.717) is 51.5 Å². The fourth-order valence-corrected chi connectivity index (χ4v) is 4.31. The van der Waals surface area contributed by atoms with Crippen molar-refractivity contribution in [2.24, 2.45) is 5.92 Å². The number of hydrogen-bond donors (Lipinski definition) is 0. The van der Waals surface area contributed by atoms with Crippen molar-refractivity contribution in [1.29, 1.82) is 0 Å². The van der Waals surface area contributed by atoms with Crippen LogP contribution in [-0.2, 0) is 16.0 Å². The highest BCUT2D eigenvalue weighted by Gasteiger charge is 2.25. The lowest BCUT2D eigenvalue weighted by atomic mass is 9.92. The lowest BCUT2D eigenvalue weighted by Gasteiger charge is -2.30. The first-order valence-corrected chi connectivity index (χ1v) is 12.8. The van der Waals surface area contributed by atoms with Crippen LogP contribution in [0.4, 0.5) is 4.79 Å². The van der Waals surface area contributed by atoms with E-state index in [-0.39, 0.29) is 12.0 Å². The van der Waals surface area contributed by atoms with E-state index < -0.39 is 0 Å². The molecule has 7 nitrogen and oxygen atoms in total. The number of hydrogen-bond acceptors (Lipinski definition) is 6. The third-order valence-corrected chi connectivity index (χ3v) is 6.29. The van der Waals surface area contributed by atoms with Gasteiger partial charge < -0.3 is 23.6 Å². The first-order chi connectivity index (χ1) is 17.9. The van der Waals surface area contributed by atoms with Crippen LogP contribution in [0.1, 0.15) is 43.7 Å². The summed E-state index contributed by atoms with van der Waals surface area (Å²) in [6, 6.07) is 17.6. The van der Waals surface area contributed by atoms with E-state index >= 15 is 0 Å². The van der Waals surface area contributed by atoms with Crippen LogP contribution in [0, 0.1) is 12.8 Å². The highest BCUT2D eigenvalue weighted by Crippen LogP contribution is 2.31. The molecule has 0 spiro atoms. The molecule has 1 aromatic heterocycles. The molecule has 0 aliphatic carbocycles. The molecule has 1 aliphatic rings. The molecule has 0 saturated heterocycles. The van der Waals surface area contributed by atoms with Crippen molar-refractivity contribution in [3.05, 3.63) is 77.2 Å². The van der Waals surface area contributed by atoms with E-state index in [1.807, 2.05) is 75.4 Å². The predicted molar refractivity (Wildman–Crippen MR) is 142 cm³/mol. The van der Waals surface area contributed by atoms with Gasteiger partial charge in [0.15, 0.2) is 0 Å². The molecule has 0 saturated carbocycles. The standard InChI is InChI=1S/C30H34N2O5/c1-21(2)20-36-30(34)32-15-12-23(13-16-33)27(19-32)25-10-7-11-26(18-25)35-17-14-28-22(3)37-29(31-28)24-8-5-4-6-9-24/h4-11,16,18,21H,12-15,17,19-20H2,1-3H3. The number of amides is 1. The molecule has 0 atom stereocenters. The minimum absolute atomic E-state index is 0.272. The molecule has 0 fully saturated rings. The first kappa shape index (κ1) is 26.2. The molecule has 3 aromatic rings. The number of oxazole rings is 1. The Morgan fingerprint density at radius 3 is 2.68 bits per heavy atom. The zero-order chi connectivity index (χ0) is 26.2. The lowest BCUT2D eigenvalue weighted by Crippen LogP contribution is -2.37. The van der Waals surface area contributed by atoms with Gasteiger partial charge in [-0.3, -0.25) is 0 Å². The molecule has 2 aromatic carbocycles. The molecule has 4 rings (SSSR count). The van der Waals surface area contributed by atoms with Crippen molar-refractivity contribution >= 4 is 18.0 Å². The van der Waals surface area contributed by atoms with E-state index in [0.717, 1.165) is 45.8 Å². The predicted octanol–water partition coefficient (Wildman–Crippen LogP) is 6.11. The van der Waals surface area contributed by atoms with Gasteiger partial charge in [-0.2, -0.15) is 0 Å². The molecule has 37 heavy (non-hydrogen) atoms. The highest BCUT2D eigenvalue weighted by molar-refractivity contribution is 5.79. The summed E-state index contributed by atoms with van der Waals surface area (Å²) in [4.78, 5) is 30.3. The van der Waals surface area contributed by atoms with Gasteiger partial charge in [-0.1, -0.05) is 49.8 Å². The Bertz CT molecular complexity index is 1250. The molecule has 0 N–H and O–H groups in total. The van der Waals surface area contributed by atoms with Crippen LogP contribution in [0.15, 0.2) is 64.6 Å². The number of nitrogens with zero attached hydrogens (tertiary/aromatic N) is 2. The van der Waals surface area contributed by atoms with Crippen LogP contribution in [0.2, 0.25) is 0 Å². The molecular formula is C30H34N2O5. The number of rotatable bonds is 10. The lowest BCUT2D eigenvalue weighted by molar-refractivity contribution is -0.107. The van der Waals surface area contributed by atoms with E-state index in [4.69, 9.17) is 13.9 Å². The topological polar surface area (TPSA) is 81.9 Å². The zero-order valence-corrected chi connectivity index (χ0v) is 21.7. The number of ether oxygens (including phenoxy) is 2. The Kier molecular flexibility index (Phi) is 8.77. The van der Waals surface area contributed by atoms with Crippen molar-refractivity contribution in [2.45, 2.75) is 40.0 Å². The Morgan fingerprint density at radius 2 is 1.92 bits per heavy atom. The maximum atomic E-state index is 12.6. The zero-order valence-electron chi connectivity index (χ0n) is 21.7. The first-order valence-electron chi connectivity index (χ1n) is 12.8. The Balaban J connectivity index is 1.43. The Hall–Kier alpha value is -3.87. The molecule has 0 unspecified atom stereocenters. The van der Waals surface area contributed by atoms with E-state index in [1.165, 1.54) is 0 Å². The van der Waals surface area contributed by atoms with Crippen LogP contribution < -0.4 is 4.74 Å². The Morgan fingerprint density at radius 1 is 1.14 bits per heavy atom. The molecule has 194 valence electrons. The van der Waals surface area contributed by atoms with Gasteiger partial charge in [0.05, 0.1) is 18.9 Å². The van der Waals surface area contributed by atoms with Crippen molar-refractivity contribution in [1.82, 2.24) is 9.88 Å². The monoisotopic (exact) mass is 502 g/mol. The molecule has 0 radical (unpaired) electrons. The molecule has 1 amide bonds. The molecule has 2 heterocycles. The third-order valence-electron chi connectivity index (χ3n) is 6.29. The maximum absolute atomic E-state index is 12.6. The third kappa shape index (κ3) is 6.88. The van der Waals surface area contributed by atoms with Gasteiger partial charge in [-0.15, -0.1) is 0 Å². The average Bonchev–Trinajstić information content (AvgIpc) is 3.28. The van der Waals surface area contributed by atoms with Crippen molar-refractivity contribution in [2.75, 3.05) is 26.3 Å². The summed E-state index contributed by atoms with van der Waals surface area (Å²) in [5.41, 5.74) is 4.78. The molecule has 0 bridgehead atoms. The summed E-state index contributed by atoms with van der Waals surface area (Å²) in [6.07, 6.45) is 2.21. The normalized spacial score (nSPS) is 13.7. The van der Waals surface area contributed by atoms with Gasteiger partial charge in [-0.25, -0.2) is 9.78 Å². The summed E-state index contributed by atoms with van der Waals surface area (Å²) in [7, 11) is 0. The second-order valence-corrected chi connectivity index (χ2v) is 9.61. The Labute approximate surface area is 218 Å². The largest absolute Gasteiger partial charge is 0.493 e. The number of carbonyl (C=O) groups is 2.